The van der Waals surface area contributed by atoms with Gasteiger partial charge in [-0.15, -0.1) is 0 Å². The minimum atomic E-state index is 0.259. The Morgan fingerprint density at radius 3 is 2.25 bits per heavy atom. The number of hydrogen-bond donors (Lipinski definition) is 1. The van der Waals surface area contributed by atoms with E-state index in [4.69, 9.17) is 0 Å². The molecule has 1 atom stereocenters. The van der Waals surface area contributed by atoms with Crippen LogP contribution in [0, 0.1) is 17.3 Å². The van der Waals surface area contributed by atoms with Crippen molar-refractivity contribution in [2.24, 2.45) is 17.3 Å². The second-order valence-corrected chi connectivity index (χ2v) is 7.58. The summed E-state index contributed by atoms with van der Waals surface area (Å²) in [4.78, 5) is 12.2. The maximum Gasteiger partial charge on any atom is 0.157 e. The summed E-state index contributed by atoms with van der Waals surface area (Å²) in [6.07, 6.45) is 5.91. The highest BCUT2D eigenvalue weighted by atomic mass is 16.1. The molecule has 0 aromatic carbocycles. The van der Waals surface area contributed by atoms with E-state index in [0.29, 0.717) is 23.7 Å². The zero-order chi connectivity index (χ0) is 15.8. The molecule has 0 bridgehead atoms. The van der Waals surface area contributed by atoms with Crippen LogP contribution in [0.5, 0.6) is 0 Å². The molecule has 0 aliphatic carbocycles. The van der Waals surface area contributed by atoms with Crippen molar-refractivity contribution in [2.45, 2.75) is 74.1 Å². The maximum absolute atomic E-state index is 12.2. The second-order valence-electron chi connectivity index (χ2n) is 7.58. The Morgan fingerprint density at radius 1 is 1.20 bits per heavy atom. The van der Waals surface area contributed by atoms with E-state index in [0.717, 1.165) is 25.1 Å². The van der Waals surface area contributed by atoms with Crippen molar-refractivity contribution < 1.29 is 4.79 Å². The molecule has 0 amide bonds. The Morgan fingerprint density at radius 2 is 1.80 bits per heavy atom. The molecule has 0 saturated heterocycles. The molecule has 1 unspecified atom stereocenters. The molecule has 0 saturated carbocycles. The van der Waals surface area contributed by atoms with Crippen LogP contribution in [0.15, 0.2) is 11.8 Å². The van der Waals surface area contributed by atoms with Gasteiger partial charge in [-0.05, 0) is 30.1 Å². The molecule has 20 heavy (non-hydrogen) atoms. The number of hydrogen-bond acceptors (Lipinski definition) is 2. The molecular formula is C18H35NO. The molecule has 0 heterocycles. The highest BCUT2D eigenvalue weighted by Crippen LogP contribution is 2.26. The third-order valence-electron chi connectivity index (χ3n) is 3.31. The topological polar surface area (TPSA) is 29.1 Å². The summed E-state index contributed by atoms with van der Waals surface area (Å²) >= 11 is 0. The van der Waals surface area contributed by atoms with E-state index in [2.05, 4.69) is 53.8 Å². The molecule has 0 fully saturated rings. The van der Waals surface area contributed by atoms with E-state index in [9.17, 15) is 4.79 Å². The zero-order valence-electron chi connectivity index (χ0n) is 14.7. The van der Waals surface area contributed by atoms with Gasteiger partial charge in [-0.2, -0.15) is 0 Å². The van der Waals surface area contributed by atoms with Crippen LogP contribution in [0.4, 0.5) is 0 Å². The van der Waals surface area contributed by atoms with Crippen LogP contribution >= 0.6 is 0 Å². The number of allylic oxidation sites excluding steroid dienone is 2. The van der Waals surface area contributed by atoms with Gasteiger partial charge in [0.05, 0.1) is 0 Å². The Bertz CT molecular complexity index is 310. The third kappa shape index (κ3) is 10.1. The lowest BCUT2D eigenvalue weighted by molar-refractivity contribution is -0.115. The van der Waals surface area contributed by atoms with Crippen LogP contribution in [0.3, 0.4) is 0 Å². The predicted octanol–water partition coefficient (Wildman–Crippen LogP) is 4.95. The van der Waals surface area contributed by atoms with Gasteiger partial charge in [0.2, 0.25) is 0 Å². The summed E-state index contributed by atoms with van der Waals surface area (Å²) in [5, 5.41) is 3.41. The number of unbranched alkanes of at least 4 members (excludes halogenated alkanes) is 1. The third-order valence-corrected chi connectivity index (χ3v) is 3.31. The first-order valence-electron chi connectivity index (χ1n) is 8.14. The maximum atomic E-state index is 12.2. The first kappa shape index (κ1) is 19.2. The normalized spacial score (nSPS) is 14.5. The Labute approximate surface area is 126 Å². The van der Waals surface area contributed by atoms with Gasteiger partial charge in [0.25, 0.3) is 0 Å². The average molecular weight is 281 g/mol. The van der Waals surface area contributed by atoms with Crippen LogP contribution in [0.25, 0.3) is 0 Å². The van der Waals surface area contributed by atoms with Crippen LogP contribution in [-0.2, 0) is 4.79 Å². The lowest BCUT2D eigenvalue weighted by atomic mass is 9.83. The molecule has 0 aliphatic rings. The zero-order valence-corrected chi connectivity index (χ0v) is 14.7. The van der Waals surface area contributed by atoms with Gasteiger partial charge < -0.3 is 5.32 Å². The van der Waals surface area contributed by atoms with Crippen LogP contribution in [0.2, 0.25) is 0 Å². The van der Waals surface area contributed by atoms with Crippen molar-refractivity contribution >= 4 is 5.78 Å². The van der Waals surface area contributed by atoms with E-state index >= 15 is 0 Å². The van der Waals surface area contributed by atoms with Gasteiger partial charge in [0.15, 0.2) is 5.78 Å². The standard InChI is InChI=1S/C18H35NO/c1-8-9-10-19-17(14(2)3)12-16(20)11-15(4)13-18(5,6)7/h12,14-15,19H,8-11,13H2,1-7H3/b17-12-. The molecule has 0 radical (unpaired) electrons. The van der Waals surface area contributed by atoms with E-state index < -0.39 is 0 Å². The van der Waals surface area contributed by atoms with Crippen molar-refractivity contribution in [3.8, 4) is 0 Å². The van der Waals surface area contributed by atoms with Crippen molar-refractivity contribution in [3.63, 3.8) is 0 Å². The highest BCUT2D eigenvalue weighted by molar-refractivity contribution is 5.90. The summed E-state index contributed by atoms with van der Waals surface area (Å²) in [7, 11) is 0. The van der Waals surface area contributed by atoms with Crippen molar-refractivity contribution in [1.82, 2.24) is 5.32 Å². The van der Waals surface area contributed by atoms with Gasteiger partial charge in [-0.25, -0.2) is 0 Å². The molecule has 1 N–H and O–H groups in total. The predicted molar refractivity (Wildman–Crippen MR) is 88.7 cm³/mol. The molecule has 2 nitrogen and oxygen atoms in total. The van der Waals surface area contributed by atoms with Gasteiger partial charge in [0.1, 0.15) is 0 Å². The molecule has 118 valence electrons. The summed E-state index contributed by atoms with van der Waals surface area (Å²) in [5.74, 6) is 1.09. The molecule has 0 aromatic heterocycles. The minimum absolute atomic E-state index is 0.259. The van der Waals surface area contributed by atoms with Crippen molar-refractivity contribution in [2.75, 3.05) is 6.54 Å². The SMILES string of the molecule is CCCCN/C(=C\C(=O)CC(C)CC(C)(C)C)C(C)C. The lowest BCUT2D eigenvalue weighted by Crippen LogP contribution is -2.20. The van der Waals surface area contributed by atoms with Gasteiger partial charge in [-0.1, -0.05) is 54.9 Å². The summed E-state index contributed by atoms with van der Waals surface area (Å²) in [6, 6.07) is 0. The monoisotopic (exact) mass is 281 g/mol. The first-order valence-corrected chi connectivity index (χ1v) is 8.14. The molecule has 0 rings (SSSR count). The summed E-state index contributed by atoms with van der Waals surface area (Å²) in [6.45, 7) is 16.3. The number of nitrogens with one attached hydrogen (secondary N) is 1. The molecule has 0 aliphatic heterocycles. The molecule has 0 aromatic rings. The molecular weight excluding hydrogens is 246 g/mol. The van der Waals surface area contributed by atoms with Crippen molar-refractivity contribution in [1.29, 1.82) is 0 Å². The fourth-order valence-electron chi connectivity index (χ4n) is 2.52. The Kier molecular flexibility index (Phi) is 8.84. The average Bonchev–Trinajstić information content (AvgIpc) is 2.24. The lowest BCUT2D eigenvalue weighted by Gasteiger charge is -2.22. The fraction of sp³-hybridized carbons (Fsp3) is 0.833. The quantitative estimate of drug-likeness (QED) is 0.478. The summed E-state index contributed by atoms with van der Waals surface area (Å²) in [5.41, 5.74) is 1.38. The highest BCUT2D eigenvalue weighted by Gasteiger charge is 2.17. The Balaban J connectivity index is 4.44. The van der Waals surface area contributed by atoms with Crippen LogP contribution < -0.4 is 5.32 Å². The van der Waals surface area contributed by atoms with Crippen LogP contribution in [0.1, 0.15) is 74.1 Å². The fourth-order valence-corrected chi connectivity index (χ4v) is 2.52. The van der Waals surface area contributed by atoms with E-state index in [1.807, 2.05) is 6.08 Å². The van der Waals surface area contributed by atoms with E-state index in [-0.39, 0.29) is 5.78 Å². The van der Waals surface area contributed by atoms with Gasteiger partial charge >= 0.3 is 0 Å². The van der Waals surface area contributed by atoms with Crippen molar-refractivity contribution in [3.05, 3.63) is 11.8 Å². The molecule has 2 heteroatoms. The number of carbonyl (C=O) groups excluding carboxylic acids is 1. The first-order chi connectivity index (χ1) is 9.15. The Hall–Kier alpha value is -0.790. The number of ketones is 1. The smallest absolute Gasteiger partial charge is 0.157 e. The van der Waals surface area contributed by atoms with Gasteiger partial charge in [-0.3, -0.25) is 4.79 Å². The second kappa shape index (κ2) is 9.20. The van der Waals surface area contributed by atoms with Gasteiger partial charge in [0, 0.05) is 24.7 Å². The number of rotatable bonds is 9. The largest absolute Gasteiger partial charge is 0.388 e. The van der Waals surface area contributed by atoms with Crippen LogP contribution in [-0.4, -0.2) is 12.3 Å². The summed E-state index contributed by atoms with van der Waals surface area (Å²) < 4.78 is 0. The molecule has 0 spiro atoms. The van der Waals surface area contributed by atoms with E-state index in [1.165, 1.54) is 6.42 Å². The van der Waals surface area contributed by atoms with E-state index in [1.54, 1.807) is 0 Å². The number of carbonyl (C=O) groups is 1. The minimum Gasteiger partial charge on any atom is -0.388 e.